The molecular formula is C17H17ClN4O2S. The summed E-state index contributed by atoms with van der Waals surface area (Å²) < 4.78 is 1.70. The fourth-order valence-corrected chi connectivity index (χ4v) is 3.56. The molecule has 130 valence electrons. The van der Waals surface area contributed by atoms with Gasteiger partial charge in [-0.1, -0.05) is 37.6 Å². The highest BCUT2D eigenvalue weighted by Crippen LogP contribution is 2.25. The molecule has 2 aromatic heterocycles. The van der Waals surface area contributed by atoms with E-state index < -0.39 is 11.9 Å². The highest BCUT2D eigenvalue weighted by atomic mass is 35.5. The maximum Gasteiger partial charge on any atom is 0.269 e. The quantitative estimate of drug-likeness (QED) is 0.717. The van der Waals surface area contributed by atoms with E-state index in [0.29, 0.717) is 15.7 Å². The van der Waals surface area contributed by atoms with Gasteiger partial charge in [-0.3, -0.25) is 14.0 Å². The van der Waals surface area contributed by atoms with Crippen molar-refractivity contribution in [1.29, 1.82) is 0 Å². The minimum atomic E-state index is -0.724. The number of nitrogens with zero attached hydrogens (tertiary/aromatic N) is 2. The molecule has 3 N–H and O–H groups in total. The minimum absolute atomic E-state index is 0.0969. The summed E-state index contributed by atoms with van der Waals surface area (Å²) in [5.74, 6) is -1.01. The fourth-order valence-electron chi connectivity index (χ4n) is 2.52. The van der Waals surface area contributed by atoms with Crippen LogP contribution in [-0.2, 0) is 4.79 Å². The van der Waals surface area contributed by atoms with Crippen LogP contribution in [-0.4, -0.2) is 27.2 Å². The number of hydrogen-bond donors (Lipinski definition) is 2. The number of benzene rings is 1. The molecule has 3 rings (SSSR count). The van der Waals surface area contributed by atoms with Crippen molar-refractivity contribution in [2.75, 3.05) is 0 Å². The molecule has 0 bridgehead atoms. The Morgan fingerprint density at radius 1 is 1.36 bits per heavy atom. The van der Waals surface area contributed by atoms with E-state index in [-0.39, 0.29) is 11.8 Å². The first kappa shape index (κ1) is 17.4. The maximum absolute atomic E-state index is 12.6. The summed E-state index contributed by atoms with van der Waals surface area (Å²) in [5.41, 5.74) is 7.36. The molecule has 1 atom stereocenters. The second-order valence-electron chi connectivity index (χ2n) is 6.01. The molecule has 0 saturated heterocycles. The number of hydrogen-bond acceptors (Lipinski definition) is 4. The van der Waals surface area contributed by atoms with E-state index in [0.717, 1.165) is 11.3 Å². The van der Waals surface area contributed by atoms with Crippen LogP contribution in [0.25, 0.3) is 16.2 Å². The monoisotopic (exact) mass is 376 g/mol. The Morgan fingerprint density at radius 3 is 2.76 bits per heavy atom. The smallest absolute Gasteiger partial charge is 0.269 e. The van der Waals surface area contributed by atoms with Gasteiger partial charge in [-0.05, 0) is 18.1 Å². The van der Waals surface area contributed by atoms with Gasteiger partial charge in [0.05, 0.1) is 5.69 Å². The van der Waals surface area contributed by atoms with Crippen LogP contribution in [0.15, 0.2) is 35.8 Å². The predicted molar refractivity (Wildman–Crippen MR) is 98.8 cm³/mol. The van der Waals surface area contributed by atoms with Crippen LogP contribution in [0.3, 0.4) is 0 Å². The average molecular weight is 377 g/mol. The van der Waals surface area contributed by atoms with Gasteiger partial charge >= 0.3 is 0 Å². The SMILES string of the molecule is CC(C)[C@H](NC(=O)c1csc2nc(-c3cccc(Cl)c3)cn12)C(N)=O. The number of thiazole rings is 1. The number of fused-ring (bicyclic) bond motifs is 1. The van der Waals surface area contributed by atoms with Crippen LogP contribution in [0.4, 0.5) is 0 Å². The molecule has 2 heterocycles. The number of halogens is 1. The Morgan fingerprint density at radius 2 is 2.12 bits per heavy atom. The van der Waals surface area contributed by atoms with Crippen molar-refractivity contribution < 1.29 is 9.59 Å². The summed E-state index contributed by atoms with van der Waals surface area (Å²) in [6.45, 7) is 3.65. The topological polar surface area (TPSA) is 89.5 Å². The number of imidazole rings is 1. The summed E-state index contributed by atoms with van der Waals surface area (Å²) in [7, 11) is 0. The zero-order chi connectivity index (χ0) is 18.1. The molecular weight excluding hydrogens is 360 g/mol. The first-order valence-electron chi connectivity index (χ1n) is 7.69. The molecule has 0 saturated carbocycles. The summed E-state index contributed by atoms with van der Waals surface area (Å²) in [6, 6.07) is 6.63. The summed E-state index contributed by atoms with van der Waals surface area (Å²) in [6.07, 6.45) is 1.78. The summed E-state index contributed by atoms with van der Waals surface area (Å²) in [5, 5.41) is 5.02. The Balaban J connectivity index is 1.93. The van der Waals surface area contributed by atoms with E-state index in [1.165, 1.54) is 11.3 Å². The second kappa shape index (κ2) is 6.85. The van der Waals surface area contributed by atoms with Gasteiger partial charge in [0.15, 0.2) is 4.96 Å². The molecule has 0 spiro atoms. The van der Waals surface area contributed by atoms with E-state index >= 15 is 0 Å². The third kappa shape index (κ3) is 3.52. The summed E-state index contributed by atoms with van der Waals surface area (Å²) >= 11 is 7.37. The minimum Gasteiger partial charge on any atom is -0.368 e. The van der Waals surface area contributed by atoms with Gasteiger partial charge in [0, 0.05) is 22.2 Å². The zero-order valence-corrected chi connectivity index (χ0v) is 15.3. The second-order valence-corrected chi connectivity index (χ2v) is 7.28. The Labute approximate surface area is 153 Å². The van der Waals surface area contributed by atoms with E-state index in [4.69, 9.17) is 17.3 Å². The van der Waals surface area contributed by atoms with Crippen molar-refractivity contribution in [2.24, 2.45) is 11.7 Å². The zero-order valence-electron chi connectivity index (χ0n) is 13.7. The predicted octanol–water partition coefficient (Wildman–Crippen LogP) is 2.96. The molecule has 2 amide bonds. The first-order chi connectivity index (χ1) is 11.9. The molecule has 6 nitrogen and oxygen atoms in total. The molecule has 1 aromatic carbocycles. The normalized spacial score (nSPS) is 12.5. The molecule has 0 aliphatic heterocycles. The van der Waals surface area contributed by atoms with Crippen LogP contribution in [0.1, 0.15) is 24.3 Å². The average Bonchev–Trinajstić information content (AvgIpc) is 3.12. The van der Waals surface area contributed by atoms with Gasteiger partial charge in [-0.2, -0.15) is 0 Å². The van der Waals surface area contributed by atoms with Crippen molar-refractivity contribution in [2.45, 2.75) is 19.9 Å². The number of nitrogens with one attached hydrogen (secondary N) is 1. The Kier molecular flexibility index (Phi) is 4.78. The van der Waals surface area contributed by atoms with E-state index in [9.17, 15) is 9.59 Å². The molecule has 8 heteroatoms. The number of carbonyl (C=O) groups excluding carboxylic acids is 2. The third-order valence-electron chi connectivity index (χ3n) is 3.82. The largest absolute Gasteiger partial charge is 0.368 e. The van der Waals surface area contributed by atoms with Gasteiger partial charge < -0.3 is 11.1 Å². The van der Waals surface area contributed by atoms with Gasteiger partial charge in [0.1, 0.15) is 11.7 Å². The molecule has 0 unspecified atom stereocenters. The van der Waals surface area contributed by atoms with Crippen LogP contribution in [0.5, 0.6) is 0 Å². The van der Waals surface area contributed by atoms with Gasteiger partial charge in [-0.15, -0.1) is 11.3 Å². The lowest BCUT2D eigenvalue weighted by Gasteiger charge is -2.18. The van der Waals surface area contributed by atoms with Crippen LogP contribution >= 0.6 is 22.9 Å². The lowest BCUT2D eigenvalue weighted by atomic mass is 10.0. The molecule has 3 aromatic rings. The summed E-state index contributed by atoms with van der Waals surface area (Å²) in [4.78, 5) is 29.3. The van der Waals surface area contributed by atoms with Crippen molar-refractivity contribution in [3.63, 3.8) is 0 Å². The number of aromatic nitrogens is 2. The number of rotatable bonds is 5. The highest BCUT2D eigenvalue weighted by Gasteiger charge is 2.24. The van der Waals surface area contributed by atoms with Gasteiger partial charge in [0.25, 0.3) is 5.91 Å². The van der Waals surface area contributed by atoms with Crippen molar-refractivity contribution >= 4 is 39.7 Å². The van der Waals surface area contributed by atoms with Crippen LogP contribution in [0, 0.1) is 5.92 Å². The number of nitrogens with two attached hydrogens (primary N) is 1. The van der Waals surface area contributed by atoms with Crippen molar-refractivity contribution in [1.82, 2.24) is 14.7 Å². The molecule has 25 heavy (non-hydrogen) atoms. The van der Waals surface area contributed by atoms with E-state index in [1.807, 2.05) is 32.0 Å². The Hall–Kier alpha value is -2.38. The van der Waals surface area contributed by atoms with Gasteiger partial charge in [0.2, 0.25) is 5.91 Å². The highest BCUT2D eigenvalue weighted by molar-refractivity contribution is 7.15. The van der Waals surface area contributed by atoms with Gasteiger partial charge in [-0.25, -0.2) is 4.98 Å². The lowest BCUT2D eigenvalue weighted by molar-refractivity contribution is -0.120. The lowest BCUT2D eigenvalue weighted by Crippen LogP contribution is -2.47. The number of primary amides is 1. The number of amides is 2. The molecule has 0 aliphatic rings. The van der Waals surface area contributed by atoms with Crippen LogP contribution < -0.4 is 11.1 Å². The Bertz CT molecular complexity index is 947. The molecule has 0 aliphatic carbocycles. The standard InChI is InChI=1S/C17H17ClN4O2S/c1-9(2)14(15(19)23)21-16(24)13-8-25-17-20-12(7-22(13)17)10-4-3-5-11(18)6-10/h3-9,14H,1-2H3,(H2,19,23)(H,21,24)/t14-/m0/s1. The van der Waals surface area contributed by atoms with Crippen molar-refractivity contribution in [3.8, 4) is 11.3 Å². The van der Waals surface area contributed by atoms with Crippen molar-refractivity contribution in [3.05, 3.63) is 46.6 Å². The molecule has 0 radical (unpaired) electrons. The van der Waals surface area contributed by atoms with E-state index in [1.54, 1.807) is 22.0 Å². The maximum atomic E-state index is 12.6. The third-order valence-corrected chi connectivity index (χ3v) is 4.90. The fraction of sp³-hybridized carbons (Fsp3) is 0.235. The van der Waals surface area contributed by atoms with Crippen LogP contribution in [0.2, 0.25) is 5.02 Å². The number of carbonyl (C=O) groups is 2. The molecule has 0 fully saturated rings. The van der Waals surface area contributed by atoms with E-state index in [2.05, 4.69) is 10.3 Å². The first-order valence-corrected chi connectivity index (χ1v) is 8.95.